The maximum Gasteiger partial charge on any atom is 0.130 e. The van der Waals surface area contributed by atoms with E-state index in [-0.39, 0.29) is 5.82 Å². The average Bonchev–Trinajstić information content (AvgIpc) is 2.77. The van der Waals surface area contributed by atoms with E-state index in [0.717, 1.165) is 29.7 Å². The second kappa shape index (κ2) is 5.84. The summed E-state index contributed by atoms with van der Waals surface area (Å²) in [4.78, 5) is 4.66. The van der Waals surface area contributed by atoms with E-state index in [1.165, 1.54) is 12.5 Å². The molecule has 0 saturated carbocycles. The topological polar surface area (TPSA) is 21.1 Å². The molecule has 1 fully saturated rings. The molecule has 1 aromatic carbocycles. The average molecular weight is 310 g/mol. The molecule has 0 radical (unpaired) electrons. The van der Waals surface area contributed by atoms with Crippen molar-refractivity contribution in [1.82, 2.24) is 9.66 Å². The standard InChI is InChI=1S/C16H21ClFN3/c1-11-4-3-5-12(2)20(11)21-15-10-13(18)6-7-14(15)19-16(21)8-9-17/h6-7,10-12H,3-5,8-9H2,1-2H3. The normalized spacial score (nSPS) is 23.0. The first-order valence-electron chi connectivity index (χ1n) is 7.63. The first-order chi connectivity index (χ1) is 10.1. The SMILES string of the molecule is CC1CCCC(C)N1n1c(CCCl)nc2ccc(F)cc21. The van der Waals surface area contributed by atoms with Crippen LogP contribution in [0.5, 0.6) is 0 Å². The molecule has 2 aromatic rings. The number of fused-ring (bicyclic) bond motifs is 1. The lowest BCUT2D eigenvalue weighted by atomic mass is 10.00. The number of benzene rings is 1. The number of nitrogens with zero attached hydrogens (tertiary/aromatic N) is 3. The zero-order valence-corrected chi connectivity index (χ0v) is 13.3. The van der Waals surface area contributed by atoms with Gasteiger partial charge in [0.05, 0.1) is 11.0 Å². The van der Waals surface area contributed by atoms with Crippen molar-refractivity contribution in [3.63, 3.8) is 0 Å². The Morgan fingerprint density at radius 3 is 2.67 bits per heavy atom. The van der Waals surface area contributed by atoms with Crippen molar-refractivity contribution in [1.29, 1.82) is 0 Å². The zero-order chi connectivity index (χ0) is 15.0. The maximum absolute atomic E-state index is 13.7. The van der Waals surface area contributed by atoms with Gasteiger partial charge in [0.1, 0.15) is 11.6 Å². The predicted molar refractivity (Wildman–Crippen MR) is 85.1 cm³/mol. The third-order valence-corrected chi connectivity index (χ3v) is 4.54. The number of aromatic nitrogens is 2. The van der Waals surface area contributed by atoms with Crippen molar-refractivity contribution in [3.05, 3.63) is 29.8 Å². The summed E-state index contributed by atoms with van der Waals surface area (Å²) >= 11 is 5.93. The molecule has 2 unspecified atom stereocenters. The molecule has 1 aliphatic heterocycles. The van der Waals surface area contributed by atoms with Gasteiger partial charge in [-0.25, -0.2) is 14.1 Å². The number of alkyl halides is 1. The Labute approximate surface area is 129 Å². The third-order valence-electron chi connectivity index (χ3n) is 4.36. The van der Waals surface area contributed by atoms with E-state index < -0.39 is 0 Å². The lowest BCUT2D eigenvalue weighted by molar-refractivity contribution is 0.336. The third kappa shape index (κ3) is 2.61. The van der Waals surface area contributed by atoms with E-state index in [0.29, 0.717) is 24.4 Å². The van der Waals surface area contributed by atoms with Gasteiger partial charge in [-0.3, -0.25) is 0 Å². The molecule has 0 N–H and O–H groups in total. The highest BCUT2D eigenvalue weighted by molar-refractivity contribution is 6.17. The molecule has 1 saturated heterocycles. The number of rotatable bonds is 3. The summed E-state index contributed by atoms with van der Waals surface area (Å²) < 4.78 is 15.8. The van der Waals surface area contributed by atoms with E-state index in [4.69, 9.17) is 11.6 Å². The highest BCUT2D eigenvalue weighted by atomic mass is 35.5. The summed E-state index contributed by atoms with van der Waals surface area (Å²) in [6.07, 6.45) is 4.23. The smallest absolute Gasteiger partial charge is 0.130 e. The second-order valence-electron chi connectivity index (χ2n) is 5.92. The lowest BCUT2D eigenvalue weighted by Gasteiger charge is -2.42. The van der Waals surface area contributed by atoms with Crippen LogP contribution in [0, 0.1) is 5.82 Å². The highest BCUT2D eigenvalue weighted by Gasteiger charge is 2.28. The molecule has 2 heterocycles. The molecule has 1 aromatic heterocycles. The van der Waals surface area contributed by atoms with Crippen LogP contribution in [-0.2, 0) is 6.42 Å². The fraction of sp³-hybridized carbons (Fsp3) is 0.562. The Morgan fingerprint density at radius 1 is 1.29 bits per heavy atom. The maximum atomic E-state index is 13.7. The van der Waals surface area contributed by atoms with Gasteiger partial charge in [0.15, 0.2) is 0 Å². The van der Waals surface area contributed by atoms with Crippen LogP contribution in [0.4, 0.5) is 4.39 Å². The molecule has 114 valence electrons. The van der Waals surface area contributed by atoms with Crippen LogP contribution in [0.2, 0.25) is 0 Å². The zero-order valence-electron chi connectivity index (χ0n) is 12.5. The van der Waals surface area contributed by atoms with Crippen molar-refractivity contribution < 1.29 is 4.39 Å². The van der Waals surface area contributed by atoms with Gasteiger partial charge in [0.25, 0.3) is 0 Å². The van der Waals surface area contributed by atoms with Crippen molar-refractivity contribution in [2.75, 3.05) is 10.9 Å². The number of imidazole rings is 1. The van der Waals surface area contributed by atoms with Crippen LogP contribution in [0.3, 0.4) is 0 Å². The molecular weight excluding hydrogens is 289 g/mol. The fourth-order valence-electron chi connectivity index (χ4n) is 3.39. The second-order valence-corrected chi connectivity index (χ2v) is 6.30. The summed E-state index contributed by atoms with van der Waals surface area (Å²) in [7, 11) is 0. The molecule has 2 atom stereocenters. The fourth-order valence-corrected chi connectivity index (χ4v) is 3.56. The van der Waals surface area contributed by atoms with Gasteiger partial charge in [-0.2, -0.15) is 0 Å². The first-order valence-corrected chi connectivity index (χ1v) is 8.16. The van der Waals surface area contributed by atoms with Crippen LogP contribution in [0.1, 0.15) is 38.9 Å². The van der Waals surface area contributed by atoms with Crippen LogP contribution in [0.25, 0.3) is 11.0 Å². The van der Waals surface area contributed by atoms with Gasteiger partial charge >= 0.3 is 0 Å². The Hall–Kier alpha value is -1.29. The van der Waals surface area contributed by atoms with Gasteiger partial charge in [-0.1, -0.05) is 0 Å². The highest BCUT2D eigenvalue weighted by Crippen LogP contribution is 2.26. The lowest BCUT2D eigenvalue weighted by Crippen LogP contribution is -2.51. The van der Waals surface area contributed by atoms with Crippen molar-refractivity contribution in [3.8, 4) is 0 Å². The minimum atomic E-state index is -0.224. The molecule has 0 bridgehead atoms. The van der Waals surface area contributed by atoms with Gasteiger partial charge in [-0.05, 0) is 45.2 Å². The largest absolute Gasteiger partial charge is 0.306 e. The summed E-state index contributed by atoms with van der Waals surface area (Å²) in [5, 5.41) is 2.35. The number of aryl methyl sites for hydroxylation is 1. The number of hydrogen-bond acceptors (Lipinski definition) is 2. The van der Waals surface area contributed by atoms with Crippen LogP contribution in [-0.4, -0.2) is 27.6 Å². The number of halogens is 2. The van der Waals surface area contributed by atoms with E-state index in [9.17, 15) is 4.39 Å². The van der Waals surface area contributed by atoms with Crippen LogP contribution >= 0.6 is 11.6 Å². The molecule has 1 aliphatic rings. The summed E-state index contributed by atoms with van der Waals surface area (Å²) in [6, 6.07) is 5.63. The minimum absolute atomic E-state index is 0.224. The molecule has 0 aliphatic carbocycles. The molecule has 21 heavy (non-hydrogen) atoms. The van der Waals surface area contributed by atoms with E-state index >= 15 is 0 Å². The Bertz CT molecular complexity index is 630. The summed E-state index contributed by atoms with van der Waals surface area (Å²) in [6.45, 7) is 4.45. The van der Waals surface area contributed by atoms with Crippen molar-refractivity contribution in [2.45, 2.75) is 51.6 Å². The van der Waals surface area contributed by atoms with Gasteiger partial charge < -0.3 is 5.01 Å². The quantitative estimate of drug-likeness (QED) is 0.803. The summed E-state index contributed by atoms with van der Waals surface area (Å²) in [5.41, 5.74) is 1.68. The molecule has 0 amide bonds. The number of piperidine rings is 1. The van der Waals surface area contributed by atoms with Crippen molar-refractivity contribution in [2.24, 2.45) is 0 Å². The summed E-state index contributed by atoms with van der Waals surface area (Å²) in [5.74, 6) is 1.21. The monoisotopic (exact) mass is 309 g/mol. The minimum Gasteiger partial charge on any atom is -0.306 e. The molecule has 0 spiro atoms. The van der Waals surface area contributed by atoms with Gasteiger partial charge in [0.2, 0.25) is 0 Å². The first kappa shape index (κ1) is 14.6. The molecule has 3 nitrogen and oxygen atoms in total. The predicted octanol–water partition coefficient (Wildman–Crippen LogP) is 3.86. The van der Waals surface area contributed by atoms with Gasteiger partial charge in [0, 0.05) is 30.5 Å². The van der Waals surface area contributed by atoms with E-state index in [1.807, 2.05) is 0 Å². The number of hydrogen-bond donors (Lipinski definition) is 0. The van der Waals surface area contributed by atoms with E-state index in [2.05, 4.69) is 28.5 Å². The molecule has 5 heteroatoms. The van der Waals surface area contributed by atoms with Crippen LogP contribution < -0.4 is 5.01 Å². The van der Waals surface area contributed by atoms with Gasteiger partial charge in [-0.15, -0.1) is 11.6 Å². The Morgan fingerprint density at radius 2 is 2.00 bits per heavy atom. The molecular formula is C16H21ClFN3. The Kier molecular flexibility index (Phi) is 4.07. The molecule has 3 rings (SSSR count). The van der Waals surface area contributed by atoms with Crippen LogP contribution in [0.15, 0.2) is 18.2 Å². The van der Waals surface area contributed by atoms with E-state index in [1.54, 1.807) is 12.1 Å². The van der Waals surface area contributed by atoms with Crippen molar-refractivity contribution >= 4 is 22.6 Å². The Balaban J connectivity index is 2.17.